The summed E-state index contributed by atoms with van der Waals surface area (Å²) in [5.74, 6) is -0.370. The minimum Gasteiger partial charge on any atom is -1.00 e. The van der Waals surface area contributed by atoms with Crippen molar-refractivity contribution in [3.8, 4) is 0 Å². The van der Waals surface area contributed by atoms with Crippen molar-refractivity contribution < 1.29 is 26.4 Å². The highest BCUT2D eigenvalue weighted by atomic mass is 35.5. The molecule has 1 atom stereocenters. The van der Waals surface area contributed by atoms with Crippen LogP contribution >= 0.6 is 11.6 Å². The Morgan fingerprint density at radius 3 is 2.75 bits per heavy atom. The van der Waals surface area contributed by atoms with E-state index >= 15 is 0 Å². The van der Waals surface area contributed by atoms with Gasteiger partial charge in [0, 0.05) is 16.7 Å². The van der Waals surface area contributed by atoms with Gasteiger partial charge < -0.3 is 21.6 Å². The normalized spacial score (nSPS) is 12.9. The van der Waals surface area contributed by atoms with Crippen LogP contribution in [0.15, 0.2) is 36.9 Å². The molecule has 0 aromatic heterocycles. The standard InChI is InChI=1S/C15H21ClNO2.ClH/c1-4-15(18)19-10-9-17(3,5-2)12-13-7-6-8-14(16)11-13;/h4,6-8,11H,1,5,9-10,12H2,2-3H3;1H/q+1;/p-1. The molecule has 3 nitrogen and oxygen atoms in total. The average Bonchev–Trinajstić information content (AvgIpc) is 2.38. The van der Waals surface area contributed by atoms with Crippen LogP contribution in [-0.4, -0.2) is 37.2 Å². The van der Waals surface area contributed by atoms with Crippen molar-refractivity contribution >= 4 is 17.6 Å². The second-order valence-corrected chi connectivity index (χ2v) is 5.26. The molecule has 0 fully saturated rings. The molecular formula is C15H21Cl2NO2. The van der Waals surface area contributed by atoms with Gasteiger partial charge in [0.25, 0.3) is 0 Å². The van der Waals surface area contributed by atoms with Crippen molar-refractivity contribution in [3.05, 3.63) is 47.5 Å². The molecule has 5 heteroatoms. The number of benzene rings is 1. The fourth-order valence-corrected chi connectivity index (χ4v) is 2.06. The van der Waals surface area contributed by atoms with Crippen LogP contribution in [0.4, 0.5) is 0 Å². The number of carbonyl (C=O) groups is 1. The Kier molecular flexibility index (Phi) is 8.54. The van der Waals surface area contributed by atoms with Gasteiger partial charge in [0.15, 0.2) is 0 Å². The van der Waals surface area contributed by atoms with Crippen LogP contribution in [-0.2, 0) is 16.1 Å². The third kappa shape index (κ3) is 6.42. The zero-order valence-electron chi connectivity index (χ0n) is 11.9. The summed E-state index contributed by atoms with van der Waals surface area (Å²) in [6.07, 6.45) is 1.19. The minimum absolute atomic E-state index is 0. The third-order valence-electron chi connectivity index (χ3n) is 3.26. The highest BCUT2D eigenvalue weighted by Crippen LogP contribution is 2.16. The quantitative estimate of drug-likeness (QED) is 0.403. The number of rotatable bonds is 7. The predicted molar refractivity (Wildman–Crippen MR) is 77.9 cm³/mol. The van der Waals surface area contributed by atoms with Gasteiger partial charge in [0.1, 0.15) is 19.7 Å². The predicted octanol–water partition coefficient (Wildman–Crippen LogP) is 0.0397. The van der Waals surface area contributed by atoms with E-state index in [1.807, 2.05) is 18.2 Å². The Labute approximate surface area is 132 Å². The minimum atomic E-state index is -0.370. The highest BCUT2D eigenvalue weighted by molar-refractivity contribution is 6.30. The number of hydrogen-bond acceptors (Lipinski definition) is 2. The molecule has 1 unspecified atom stereocenters. The Morgan fingerprint density at radius 2 is 2.20 bits per heavy atom. The summed E-state index contributed by atoms with van der Waals surface area (Å²) in [6, 6.07) is 7.86. The lowest BCUT2D eigenvalue weighted by Gasteiger charge is -2.33. The van der Waals surface area contributed by atoms with E-state index in [9.17, 15) is 4.79 Å². The summed E-state index contributed by atoms with van der Waals surface area (Å²) in [6.45, 7) is 8.49. The van der Waals surface area contributed by atoms with Crippen molar-refractivity contribution in [2.45, 2.75) is 13.5 Å². The van der Waals surface area contributed by atoms with Crippen LogP contribution in [0.25, 0.3) is 0 Å². The lowest BCUT2D eigenvalue weighted by atomic mass is 10.2. The lowest BCUT2D eigenvalue weighted by Crippen LogP contribution is -3.00. The summed E-state index contributed by atoms with van der Waals surface area (Å²) in [5, 5.41) is 0.748. The molecule has 0 N–H and O–H groups in total. The van der Waals surface area contributed by atoms with E-state index in [-0.39, 0.29) is 18.4 Å². The summed E-state index contributed by atoms with van der Waals surface area (Å²) >= 11 is 5.99. The largest absolute Gasteiger partial charge is 1.00 e. The Balaban J connectivity index is 0.00000361. The van der Waals surface area contributed by atoms with Gasteiger partial charge in [-0.2, -0.15) is 0 Å². The van der Waals surface area contributed by atoms with Crippen LogP contribution in [0.2, 0.25) is 5.02 Å². The van der Waals surface area contributed by atoms with Gasteiger partial charge in [-0.25, -0.2) is 4.79 Å². The number of esters is 1. The first-order valence-corrected chi connectivity index (χ1v) is 6.74. The molecule has 0 aliphatic heterocycles. The summed E-state index contributed by atoms with van der Waals surface area (Å²) in [5.41, 5.74) is 1.19. The second-order valence-electron chi connectivity index (χ2n) is 4.82. The smallest absolute Gasteiger partial charge is 0.330 e. The van der Waals surface area contributed by atoms with Crippen molar-refractivity contribution in [3.63, 3.8) is 0 Å². The van der Waals surface area contributed by atoms with Crippen LogP contribution in [0.5, 0.6) is 0 Å². The number of carbonyl (C=O) groups excluding carboxylic acids is 1. The zero-order valence-corrected chi connectivity index (χ0v) is 13.5. The van der Waals surface area contributed by atoms with Gasteiger partial charge in [0.2, 0.25) is 0 Å². The average molecular weight is 318 g/mol. The van der Waals surface area contributed by atoms with Gasteiger partial charge in [-0.3, -0.25) is 0 Å². The first-order valence-electron chi connectivity index (χ1n) is 6.36. The SMILES string of the molecule is C=CC(=O)OCC[N+](C)(CC)Cc1cccc(Cl)c1.[Cl-]. The van der Waals surface area contributed by atoms with Crippen LogP contribution in [0.3, 0.4) is 0 Å². The Morgan fingerprint density at radius 1 is 1.50 bits per heavy atom. The molecule has 1 rings (SSSR count). The summed E-state index contributed by atoms with van der Waals surface area (Å²) in [7, 11) is 2.14. The molecule has 0 aliphatic rings. The van der Waals surface area contributed by atoms with Crippen LogP contribution in [0, 0.1) is 0 Å². The second kappa shape index (κ2) is 9.01. The van der Waals surface area contributed by atoms with Gasteiger partial charge >= 0.3 is 5.97 Å². The van der Waals surface area contributed by atoms with Crippen molar-refractivity contribution in [2.24, 2.45) is 0 Å². The first-order chi connectivity index (χ1) is 8.99. The summed E-state index contributed by atoms with van der Waals surface area (Å²) in [4.78, 5) is 11.0. The van der Waals surface area contributed by atoms with Gasteiger partial charge in [-0.1, -0.05) is 30.3 Å². The Bertz CT molecular complexity index is 451. The molecule has 0 amide bonds. The van der Waals surface area contributed by atoms with E-state index in [2.05, 4.69) is 26.6 Å². The Hall–Kier alpha value is -1.03. The summed E-state index contributed by atoms with van der Waals surface area (Å²) < 4.78 is 5.85. The monoisotopic (exact) mass is 317 g/mol. The van der Waals surface area contributed by atoms with Crippen molar-refractivity contribution in [1.29, 1.82) is 0 Å². The van der Waals surface area contributed by atoms with Gasteiger partial charge in [-0.05, 0) is 19.1 Å². The molecule has 20 heavy (non-hydrogen) atoms. The maximum Gasteiger partial charge on any atom is 0.330 e. The molecular weight excluding hydrogens is 297 g/mol. The molecule has 0 heterocycles. The number of halogens is 2. The zero-order chi connectivity index (χ0) is 14.3. The van der Waals surface area contributed by atoms with Crippen LogP contribution in [0.1, 0.15) is 12.5 Å². The number of likely N-dealkylation sites (N-methyl/N-ethyl adjacent to an activating group) is 1. The first kappa shape index (κ1) is 19.0. The lowest BCUT2D eigenvalue weighted by molar-refractivity contribution is -0.921. The maximum absolute atomic E-state index is 11.0. The van der Waals surface area contributed by atoms with E-state index in [4.69, 9.17) is 16.3 Å². The number of ether oxygens (including phenoxy) is 1. The van der Waals surface area contributed by atoms with E-state index in [1.165, 1.54) is 11.6 Å². The number of quaternary nitrogens is 1. The molecule has 0 spiro atoms. The molecule has 0 radical (unpaired) electrons. The topological polar surface area (TPSA) is 26.3 Å². The third-order valence-corrected chi connectivity index (χ3v) is 3.49. The highest BCUT2D eigenvalue weighted by Gasteiger charge is 2.20. The van der Waals surface area contributed by atoms with E-state index < -0.39 is 0 Å². The fraction of sp³-hybridized carbons (Fsp3) is 0.400. The molecule has 0 bridgehead atoms. The molecule has 0 saturated carbocycles. The maximum atomic E-state index is 11.0. The van der Waals surface area contributed by atoms with Crippen LogP contribution < -0.4 is 12.4 Å². The molecule has 0 aliphatic carbocycles. The van der Waals surface area contributed by atoms with E-state index in [1.54, 1.807) is 0 Å². The fourth-order valence-electron chi connectivity index (χ4n) is 1.85. The van der Waals surface area contributed by atoms with Gasteiger partial charge in [-0.15, -0.1) is 0 Å². The van der Waals surface area contributed by atoms with Gasteiger partial charge in [0.05, 0.1) is 13.6 Å². The van der Waals surface area contributed by atoms with Crippen molar-refractivity contribution in [2.75, 3.05) is 26.7 Å². The van der Waals surface area contributed by atoms with Crippen molar-refractivity contribution in [1.82, 2.24) is 0 Å². The van der Waals surface area contributed by atoms with E-state index in [0.717, 1.165) is 29.1 Å². The number of nitrogens with zero attached hydrogens (tertiary/aromatic N) is 1. The molecule has 1 aromatic carbocycles. The van der Waals surface area contributed by atoms with E-state index in [0.29, 0.717) is 6.61 Å². The molecule has 112 valence electrons. The number of hydrogen-bond donors (Lipinski definition) is 0. The molecule has 1 aromatic rings. The molecule has 0 saturated heterocycles.